The van der Waals surface area contributed by atoms with Gasteiger partial charge in [-0.3, -0.25) is 9.59 Å². The fourth-order valence-corrected chi connectivity index (χ4v) is 6.07. The molecule has 2 aromatic rings. The fourth-order valence-electron chi connectivity index (χ4n) is 4.45. The lowest BCUT2D eigenvalue weighted by Crippen LogP contribution is -2.58. The summed E-state index contributed by atoms with van der Waals surface area (Å²) in [5.74, 6) is -0.421. The highest BCUT2D eigenvalue weighted by Crippen LogP contribution is 2.22. The summed E-state index contributed by atoms with van der Waals surface area (Å²) in [5, 5.41) is 20.2. The summed E-state index contributed by atoms with van der Waals surface area (Å²) in [5.41, 5.74) is 0.864. The number of sulfonamides is 1. The van der Waals surface area contributed by atoms with Gasteiger partial charge >= 0.3 is 0 Å². The lowest BCUT2D eigenvalue weighted by molar-refractivity contribution is -0.131. The summed E-state index contributed by atoms with van der Waals surface area (Å²) in [6.07, 6.45) is -0.342. The maximum Gasteiger partial charge on any atom is 0.243 e. The van der Waals surface area contributed by atoms with Crippen molar-refractivity contribution in [1.29, 1.82) is 0 Å². The number of hydrogen-bond donors (Lipinski definition) is 4. The first kappa shape index (κ1) is 38.3. The molecule has 10 nitrogen and oxygen atoms in total. The molecule has 5 atom stereocenters. The Balaban J connectivity index is 0.00000924. The number of carbonyl (C=O) groups excluding carboxylic acids is 2. The van der Waals surface area contributed by atoms with Crippen LogP contribution in [0, 0.1) is 11.8 Å². The summed E-state index contributed by atoms with van der Waals surface area (Å²) in [6.45, 7) is 9.25. The molecule has 0 bridgehead atoms. The Morgan fingerprint density at radius 2 is 1.53 bits per heavy atom. The van der Waals surface area contributed by atoms with Crippen molar-refractivity contribution in [2.75, 3.05) is 27.2 Å². The molecule has 2 amide bonds. The minimum absolute atomic E-state index is 0. The highest BCUT2D eigenvalue weighted by atomic mass is 35.5. The van der Waals surface area contributed by atoms with E-state index in [2.05, 4.69) is 16.0 Å². The topological polar surface area (TPSA) is 137 Å². The van der Waals surface area contributed by atoms with E-state index in [4.69, 9.17) is 4.74 Å². The zero-order chi connectivity index (χ0) is 31.4. The van der Waals surface area contributed by atoms with Crippen LogP contribution >= 0.6 is 12.4 Å². The van der Waals surface area contributed by atoms with E-state index in [1.807, 2.05) is 58.0 Å². The number of rotatable bonds is 17. The average molecular weight is 641 g/mol. The predicted octanol–water partition coefficient (Wildman–Crippen LogP) is 2.99. The number of nitrogens with zero attached hydrogens (tertiary/aromatic N) is 1. The highest BCUT2D eigenvalue weighted by molar-refractivity contribution is 7.89. The Kier molecular flexibility index (Phi) is 16.2. The number of likely N-dealkylation sites (N-methyl/N-ethyl adjacent to an activating group) is 1. The molecule has 0 saturated carbocycles. The van der Waals surface area contributed by atoms with E-state index in [9.17, 15) is 23.1 Å². The minimum atomic E-state index is -3.97. The van der Waals surface area contributed by atoms with Gasteiger partial charge in [-0.25, -0.2) is 8.42 Å². The SMILES string of the molecule is CCC(C)[C@H](NC(=O)C(C)NC)C(=O)N[C@@H](Cc1ccccc1)C(O)CN(CC(C)C)S(=O)(=O)c1ccc(OC)cc1.Cl. The summed E-state index contributed by atoms with van der Waals surface area (Å²) in [6, 6.07) is 13.3. The van der Waals surface area contributed by atoms with Gasteiger partial charge in [0.2, 0.25) is 21.8 Å². The molecule has 4 N–H and O–H groups in total. The molecule has 0 saturated heterocycles. The zero-order valence-electron chi connectivity index (χ0n) is 26.2. The smallest absolute Gasteiger partial charge is 0.243 e. The minimum Gasteiger partial charge on any atom is -0.497 e. The van der Waals surface area contributed by atoms with Crippen molar-refractivity contribution < 1.29 is 27.9 Å². The second-order valence-electron chi connectivity index (χ2n) is 11.1. The van der Waals surface area contributed by atoms with Gasteiger partial charge in [0.15, 0.2) is 0 Å². The Morgan fingerprint density at radius 3 is 2.05 bits per heavy atom. The van der Waals surface area contributed by atoms with Crippen molar-refractivity contribution in [3.8, 4) is 5.75 Å². The van der Waals surface area contributed by atoms with Crippen LogP contribution in [0.4, 0.5) is 0 Å². The molecule has 0 heterocycles. The largest absolute Gasteiger partial charge is 0.497 e. The van der Waals surface area contributed by atoms with E-state index in [1.54, 1.807) is 26.1 Å². The van der Waals surface area contributed by atoms with Crippen LogP contribution < -0.4 is 20.7 Å². The van der Waals surface area contributed by atoms with E-state index < -0.39 is 40.2 Å². The molecule has 0 aliphatic rings. The molecular formula is C31H49ClN4O6S. The quantitative estimate of drug-likeness (QED) is 0.209. The molecule has 12 heteroatoms. The van der Waals surface area contributed by atoms with Crippen LogP contribution in [0.15, 0.2) is 59.5 Å². The molecule has 242 valence electrons. The normalized spacial score (nSPS) is 15.1. The molecule has 2 aromatic carbocycles. The van der Waals surface area contributed by atoms with Crippen molar-refractivity contribution in [1.82, 2.24) is 20.3 Å². The van der Waals surface area contributed by atoms with E-state index >= 15 is 0 Å². The van der Waals surface area contributed by atoms with Crippen LogP contribution in [0.25, 0.3) is 0 Å². The molecule has 0 radical (unpaired) electrons. The number of halogens is 1. The summed E-state index contributed by atoms with van der Waals surface area (Å²) >= 11 is 0. The van der Waals surface area contributed by atoms with Gasteiger partial charge < -0.3 is 25.8 Å². The van der Waals surface area contributed by atoms with Gasteiger partial charge in [0, 0.05) is 13.1 Å². The number of aliphatic hydroxyl groups excluding tert-OH is 1. The van der Waals surface area contributed by atoms with Crippen LogP contribution in [0.5, 0.6) is 5.75 Å². The van der Waals surface area contributed by atoms with Gasteiger partial charge in [-0.2, -0.15) is 4.31 Å². The molecule has 43 heavy (non-hydrogen) atoms. The maximum atomic E-state index is 13.7. The van der Waals surface area contributed by atoms with Crippen molar-refractivity contribution in [3.63, 3.8) is 0 Å². The second-order valence-corrected chi connectivity index (χ2v) is 13.1. The van der Waals surface area contributed by atoms with E-state index in [0.717, 1.165) is 5.56 Å². The fraction of sp³-hybridized carbons (Fsp3) is 0.548. The van der Waals surface area contributed by atoms with Crippen molar-refractivity contribution in [2.45, 2.75) is 76.6 Å². The van der Waals surface area contributed by atoms with E-state index in [-0.39, 0.29) is 54.6 Å². The number of hydrogen-bond acceptors (Lipinski definition) is 7. The first-order valence-electron chi connectivity index (χ1n) is 14.5. The number of aliphatic hydroxyl groups is 1. The van der Waals surface area contributed by atoms with Crippen LogP contribution in [-0.4, -0.2) is 81.1 Å². The predicted molar refractivity (Wildman–Crippen MR) is 172 cm³/mol. The summed E-state index contributed by atoms with van der Waals surface area (Å²) in [7, 11) is -0.803. The van der Waals surface area contributed by atoms with Crippen molar-refractivity contribution in [3.05, 3.63) is 60.2 Å². The zero-order valence-corrected chi connectivity index (χ0v) is 27.9. The van der Waals surface area contributed by atoms with Gasteiger partial charge in [-0.05, 0) is 62.1 Å². The second kappa shape index (κ2) is 18.2. The van der Waals surface area contributed by atoms with Crippen molar-refractivity contribution in [2.24, 2.45) is 11.8 Å². The number of amides is 2. The third kappa shape index (κ3) is 11.4. The van der Waals surface area contributed by atoms with E-state index in [0.29, 0.717) is 12.2 Å². The van der Waals surface area contributed by atoms with E-state index in [1.165, 1.54) is 23.5 Å². The Bertz CT molecular complexity index is 1230. The molecule has 0 spiro atoms. The molecule has 0 aromatic heterocycles. The molecule has 2 rings (SSSR count). The van der Waals surface area contributed by atoms with Gasteiger partial charge in [0.1, 0.15) is 11.8 Å². The van der Waals surface area contributed by atoms with Crippen LogP contribution in [0.2, 0.25) is 0 Å². The summed E-state index contributed by atoms with van der Waals surface area (Å²) in [4.78, 5) is 26.4. The number of carbonyl (C=O) groups is 2. The monoisotopic (exact) mass is 640 g/mol. The summed E-state index contributed by atoms with van der Waals surface area (Å²) < 4.78 is 33.8. The van der Waals surface area contributed by atoms with Gasteiger partial charge in [0.25, 0.3) is 0 Å². The van der Waals surface area contributed by atoms with Crippen LogP contribution in [0.1, 0.15) is 46.6 Å². The lowest BCUT2D eigenvalue weighted by atomic mass is 9.95. The number of nitrogens with one attached hydrogen (secondary N) is 3. The maximum absolute atomic E-state index is 13.7. The first-order valence-corrected chi connectivity index (χ1v) is 15.9. The van der Waals surface area contributed by atoms with Crippen molar-refractivity contribution >= 4 is 34.2 Å². The van der Waals surface area contributed by atoms with Crippen LogP contribution in [0.3, 0.4) is 0 Å². The number of benzene rings is 2. The Labute approximate surface area is 263 Å². The standard InChI is InChI=1S/C31H48N4O6S.ClH/c1-8-22(4)29(34-30(37)23(5)32-6)31(38)33-27(18-24-12-10-9-11-13-24)28(36)20-35(19-21(2)3)42(39,40)26-16-14-25(41-7)15-17-26;/h9-17,21-23,27-29,32,36H,8,18-20H2,1-7H3,(H,33,38)(H,34,37);1H/t22?,23?,27-,28?,29-;/m0./s1. The van der Waals surface area contributed by atoms with Gasteiger partial charge in [0.05, 0.1) is 30.2 Å². The molecule has 0 fully saturated rings. The Morgan fingerprint density at radius 1 is 0.930 bits per heavy atom. The third-order valence-corrected chi connectivity index (χ3v) is 9.21. The Hall–Kier alpha value is -2.70. The average Bonchev–Trinajstić information content (AvgIpc) is 2.98. The molecule has 0 aliphatic heterocycles. The van der Waals surface area contributed by atoms with Crippen LogP contribution in [-0.2, 0) is 26.0 Å². The highest BCUT2D eigenvalue weighted by Gasteiger charge is 2.34. The van der Waals surface area contributed by atoms with Gasteiger partial charge in [-0.1, -0.05) is 64.4 Å². The van der Waals surface area contributed by atoms with Gasteiger partial charge in [-0.15, -0.1) is 12.4 Å². The molecular weight excluding hydrogens is 592 g/mol. The molecule has 3 unspecified atom stereocenters. The number of methoxy groups -OCH3 is 1. The molecule has 0 aliphatic carbocycles. The first-order chi connectivity index (χ1) is 19.8. The lowest BCUT2D eigenvalue weighted by Gasteiger charge is -2.32. The number of ether oxygens (including phenoxy) is 1. The third-order valence-electron chi connectivity index (χ3n) is 7.37.